The molecule has 4 nitrogen and oxygen atoms in total. The van der Waals surface area contributed by atoms with E-state index in [2.05, 4.69) is 15.1 Å². The predicted molar refractivity (Wildman–Crippen MR) is 83.2 cm³/mol. The smallest absolute Gasteiger partial charge is 0.398 e. The number of benzene rings is 1. The molecule has 2 heterocycles. The Morgan fingerprint density at radius 3 is 2.78 bits per heavy atom. The van der Waals surface area contributed by atoms with Gasteiger partial charge in [0.2, 0.25) is 0 Å². The fourth-order valence-corrected chi connectivity index (χ4v) is 3.06. The third kappa shape index (κ3) is 3.37. The fraction of sp³-hybridized carbons (Fsp3) is 0.133. The van der Waals surface area contributed by atoms with Gasteiger partial charge in [0.15, 0.2) is 0 Å². The minimum absolute atomic E-state index is 0.267. The first-order valence-electron chi connectivity index (χ1n) is 6.53. The van der Waals surface area contributed by atoms with E-state index < -0.39 is 11.9 Å². The summed E-state index contributed by atoms with van der Waals surface area (Å²) in [6, 6.07) is 8.60. The van der Waals surface area contributed by atoms with Gasteiger partial charge in [0, 0.05) is 21.9 Å². The summed E-state index contributed by atoms with van der Waals surface area (Å²) >= 11 is 0.669. The van der Waals surface area contributed by atoms with Crippen LogP contribution in [0.2, 0.25) is 0 Å². The van der Waals surface area contributed by atoms with E-state index in [1.165, 1.54) is 6.07 Å². The van der Waals surface area contributed by atoms with Gasteiger partial charge < -0.3 is 5.21 Å². The van der Waals surface area contributed by atoms with E-state index >= 15 is 0 Å². The molecule has 0 atom stereocenters. The van der Waals surface area contributed by atoms with E-state index in [4.69, 9.17) is 5.21 Å². The number of nitrogens with zero attached hydrogens (tertiary/aromatic N) is 3. The fourth-order valence-electron chi connectivity index (χ4n) is 2.22. The minimum Gasteiger partial charge on any atom is -0.411 e. The van der Waals surface area contributed by atoms with E-state index in [0.29, 0.717) is 33.1 Å². The van der Waals surface area contributed by atoms with Gasteiger partial charge in [0.05, 0.1) is 28.7 Å². The highest BCUT2D eigenvalue weighted by molar-refractivity contribution is 7.99. The number of oxime groups is 1. The molecule has 0 spiro atoms. The number of halogens is 3. The van der Waals surface area contributed by atoms with E-state index in [1.807, 2.05) is 6.07 Å². The third-order valence-electron chi connectivity index (χ3n) is 3.11. The second-order valence-electron chi connectivity index (χ2n) is 4.73. The average molecular weight is 337 g/mol. The van der Waals surface area contributed by atoms with Crippen LogP contribution in [0.3, 0.4) is 0 Å². The molecule has 1 aromatic carbocycles. The molecule has 0 amide bonds. The van der Waals surface area contributed by atoms with Gasteiger partial charge in [-0.3, -0.25) is 4.98 Å². The Morgan fingerprint density at radius 1 is 1.22 bits per heavy atom. The summed E-state index contributed by atoms with van der Waals surface area (Å²) in [6.45, 7) is 0. The zero-order valence-electron chi connectivity index (χ0n) is 11.6. The Hall–Kier alpha value is -2.35. The van der Waals surface area contributed by atoms with Gasteiger partial charge in [-0.25, -0.2) is 4.98 Å². The normalized spacial score (nSPS) is 12.5. The summed E-state index contributed by atoms with van der Waals surface area (Å²) < 4.78 is 37.6. The molecular weight excluding hydrogens is 327 g/mol. The molecule has 23 heavy (non-hydrogen) atoms. The molecule has 0 aliphatic heterocycles. The van der Waals surface area contributed by atoms with Crippen molar-refractivity contribution in [3.05, 3.63) is 42.2 Å². The lowest BCUT2D eigenvalue weighted by Crippen LogP contribution is -2.10. The van der Waals surface area contributed by atoms with Crippen molar-refractivity contribution in [1.29, 1.82) is 0 Å². The van der Waals surface area contributed by atoms with Crippen LogP contribution in [0.5, 0.6) is 0 Å². The zero-order chi connectivity index (χ0) is 16.4. The molecule has 0 radical (unpaired) electrons. The van der Waals surface area contributed by atoms with Crippen molar-refractivity contribution in [2.45, 2.75) is 11.1 Å². The van der Waals surface area contributed by atoms with Crippen LogP contribution in [-0.2, 0) is 0 Å². The second kappa shape index (κ2) is 6.04. The number of alkyl halides is 3. The Bertz CT molecular complexity index is 896. The summed E-state index contributed by atoms with van der Waals surface area (Å²) in [6.07, 6.45) is -1.60. The number of hydrogen-bond donors (Lipinski definition) is 1. The molecule has 0 unspecified atom stereocenters. The first-order valence-corrected chi connectivity index (χ1v) is 7.52. The summed E-state index contributed by atoms with van der Waals surface area (Å²) in [4.78, 5) is 9.00. The van der Waals surface area contributed by atoms with Crippen molar-refractivity contribution in [3.63, 3.8) is 0 Å². The predicted octanol–water partition coefficient (Wildman–Crippen LogP) is 4.25. The maximum absolute atomic E-state index is 12.5. The lowest BCUT2D eigenvalue weighted by atomic mass is 10.1. The van der Waals surface area contributed by atoms with Crippen LogP contribution in [0.25, 0.3) is 21.8 Å². The molecule has 8 heteroatoms. The van der Waals surface area contributed by atoms with Gasteiger partial charge in [0.1, 0.15) is 0 Å². The van der Waals surface area contributed by atoms with Crippen LogP contribution in [0.1, 0.15) is 5.69 Å². The molecule has 1 N–H and O–H groups in total. The zero-order valence-corrected chi connectivity index (χ0v) is 12.4. The van der Waals surface area contributed by atoms with Crippen LogP contribution in [0.15, 0.2) is 46.6 Å². The second-order valence-corrected chi connectivity index (χ2v) is 5.75. The number of hydrogen-bond acceptors (Lipinski definition) is 5. The van der Waals surface area contributed by atoms with Crippen molar-refractivity contribution in [1.82, 2.24) is 9.97 Å². The SMILES string of the molecule is O/N=C/c1cc(SCC(F)(F)F)c2ccc3cccnc3c2n1. The first-order chi connectivity index (χ1) is 11.0. The maximum atomic E-state index is 12.5. The van der Waals surface area contributed by atoms with Crippen LogP contribution in [-0.4, -0.2) is 33.3 Å². The van der Waals surface area contributed by atoms with Crippen molar-refractivity contribution in [3.8, 4) is 0 Å². The monoisotopic (exact) mass is 337 g/mol. The molecule has 0 aliphatic rings. The summed E-state index contributed by atoms with van der Waals surface area (Å²) in [7, 11) is 0. The van der Waals surface area contributed by atoms with Gasteiger partial charge in [0.25, 0.3) is 0 Å². The summed E-state index contributed by atoms with van der Waals surface area (Å²) in [5.41, 5.74) is 1.33. The minimum atomic E-state index is -4.28. The Morgan fingerprint density at radius 2 is 2.04 bits per heavy atom. The van der Waals surface area contributed by atoms with Crippen LogP contribution >= 0.6 is 11.8 Å². The number of fused-ring (bicyclic) bond motifs is 3. The number of aromatic nitrogens is 2. The van der Waals surface area contributed by atoms with E-state index in [9.17, 15) is 13.2 Å². The number of thioether (sulfide) groups is 1. The first kappa shape index (κ1) is 15.5. The van der Waals surface area contributed by atoms with E-state index in [-0.39, 0.29) is 5.69 Å². The molecule has 3 rings (SSSR count). The summed E-state index contributed by atoms with van der Waals surface area (Å²) in [5.74, 6) is -1.01. The Balaban J connectivity index is 2.23. The number of rotatable bonds is 3. The maximum Gasteiger partial charge on any atom is 0.398 e. The number of pyridine rings is 2. The molecule has 2 aromatic heterocycles. The van der Waals surface area contributed by atoms with Crippen molar-refractivity contribution < 1.29 is 18.4 Å². The van der Waals surface area contributed by atoms with Crippen LogP contribution in [0.4, 0.5) is 13.2 Å². The van der Waals surface area contributed by atoms with Crippen molar-refractivity contribution in [2.75, 3.05) is 5.75 Å². The lowest BCUT2D eigenvalue weighted by Gasteiger charge is -2.10. The van der Waals surface area contributed by atoms with E-state index in [1.54, 1.807) is 24.4 Å². The van der Waals surface area contributed by atoms with Gasteiger partial charge in [-0.15, -0.1) is 11.8 Å². The van der Waals surface area contributed by atoms with Gasteiger partial charge in [-0.2, -0.15) is 13.2 Å². The van der Waals surface area contributed by atoms with Crippen LogP contribution in [0, 0.1) is 0 Å². The van der Waals surface area contributed by atoms with Crippen LogP contribution < -0.4 is 0 Å². The Labute approximate surface area is 133 Å². The van der Waals surface area contributed by atoms with Gasteiger partial charge >= 0.3 is 6.18 Å². The largest absolute Gasteiger partial charge is 0.411 e. The van der Waals surface area contributed by atoms with Crippen molar-refractivity contribution in [2.24, 2.45) is 5.16 Å². The molecule has 0 fully saturated rings. The molecule has 3 aromatic rings. The highest BCUT2D eigenvalue weighted by Gasteiger charge is 2.27. The molecule has 0 saturated carbocycles. The molecular formula is C15H10F3N3OS. The van der Waals surface area contributed by atoms with E-state index in [0.717, 1.165) is 11.6 Å². The lowest BCUT2D eigenvalue weighted by molar-refractivity contribution is -0.105. The average Bonchev–Trinajstić information content (AvgIpc) is 2.52. The van der Waals surface area contributed by atoms with Gasteiger partial charge in [-0.05, 0) is 12.1 Å². The van der Waals surface area contributed by atoms with Crippen molar-refractivity contribution >= 4 is 39.8 Å². The summed E-state index contributed by atoms with van der Waals surface area (Å²) in [5, 5.41) is 13.0. The Kier molecular flexibility index (Phi) is 4.08. The topological polar surface area (TPSA) is 58.4 Å². The standard InChI is InChI=1S/C15H10F3N3OS/c16-15(17,18)8-23-12-6-10(7-20-22)21-14-11(12)4-3-9-2-1-5-19-13(9)14/h1-7,22H,8H2/b20-7+. The quantitative estimate of drug-likeness (QED) is 0.255. The molecule has 0 saturated heterocycles. The highest BCUT2D eigenvalue weighted by atomic mass is 32.2. The molecule has 0 aliphatic carbocycles. The third-order valence-corrected chi connectivity index (χ3v) is 4.24. The van der Waals surface area contributed by atoms with Gasteiger partial charge in [-0.1, -0.05) is 23.4 Å². The molecule has 0 bridgehead atoms. The highest BCUT2D eigenvalue weighted by Crippen LogP contribution is 2.34. The molecule has 118 valence electrons.